The molecule has 2 radical (unpaired) electrons. The first kappa shape index (κ1) is 109. The molecule has 27 nitrogen and oxygen atoms in total. The Kier molecular flexibility index (Phi) is 52.4. The smallest absolute Gasteiger partial charge is 0.870 e. The molecule has 2 atom stereocenters. The number of cyclic esters (lactones) is 1. The number of nitrogens with zero attached hydrogens (tertiary/aromatic N) is 6. The van der Waals surface area contributed by atoms with Crippen molar-refractivity contribution in [2.45, 2.75) is 171 Å². The number of terminal acetylenes is 1. The first-order valence-corrected chi connectivity index (χ1v) is 48.6. The molecule has 0 unspecified atom stereocenters. The molecule has 0 saturated heterocycles. The van der Waals surface area contributed by atoms with Gasteiger partial charge in [0.1, 0.15) is 25.4 Å². The maximum Gasteiger partial charge on any atom is 1.00 e. The first-order valence-electron chi connectivity index (χ1n) is 34.7. The van der Waals surface area contributed by atoms with E-state index in [-0.39, 0.29) is 115 Å². The van der Waals surface area contributed by atoms with Crippen molar-refractivity contribution >= 4 is 61.6 Å². The zero-order chi connectivity index (χ0) is 75.2. The van der Waals surface area contributed by atoms with Crippen molar-refractivity contribution in [1.29, 1.82) is 0 Å². The van der Waals surface area contributed by atoms with Gasteiger partial charge in [0.15, 0.2) is 39.0 Å². The van der Waals surface area contributed by atoms with Crippen molar-refractivity contribution in [1.82, 2.24) is 15.0 Å². The fourth-order valence-corrected chi connectivity index (χ4v) is 30.7. The van der Waals surface area contributed by atoms with Crippen molar-refractivity contribution in [3.63, 3.8) is 0 Å². The molecule has 35 heteroatoms. The molecule has 6 aromatic carbocycles. The number of fused-ring (bicyclic) bond motifs is 6. The van der Waals surface area contributed by atoms with E-state index in [1.54, 1.807) is 0 Å². The van der Waals surface area contributed by atoms with Crippen LogP contribution in [0.5, 0.6) is 0 Å². The number of unbranched alkanes of at least 4 members (excludes halogenated alkanes) is 2. The predicted octanol–water partition coefficient (Wildman–Crippen LogP) is 7.33. The minimum absolute atomic E-state index is 0. The van der Waals surface area contributed by atoms with Gasteiger partial charge in [-0.15, -0.1) is 17.4 Å². The molecule has 10 rings (SSSR count). The topological polar surface area (TPSA) is 493 Å². The third-order valence-corrected chi connectivity index (χ3v) is 32.4. The van der Waals surface area contributed by atoms with Gasteiger partial charge in [0.05, 0.1) is 12.3 Å². The number of aliphatic hydroxyl groups excluding tert-OH is 3. The van der Waals surface area contributed by atoms with Crippen LogP contribution in [0, 0.1) is 12.3 Å². The Morgan fingerprint density at radius 3 is 1.34 bits per heavy atom. The standard InChI is InChI=1S/C35H45N3O3Si2.C26H37N3O3Si2.C9H8.C6H8O6.2Cu.Na.H2O4S.5H2O/c1-42(2,41-43(3,4)24-14-22-38-26-29(36-37-38)25-28-15-6-5-7-16-28)23-13-12-21-35(39)40-27-34-32-19-10-8-17-30(32)31-18-9-11-20-33(31)34;1-33(2,32-34(3,4)19-11-17-28-29-27)18-10-9-16-26(30)31-20-25-23-14-7-5-12-21(23)22-13-6-8-15-24(22)25;1-2-6-9-7-4-3-5-8-9;7-1-2(8)5-3(9)4(10)6(11)12-5;;;;1-5(2,3)4;;;;;/h5-11,15-20,26,34H,12-14,21-25,27H2,1-4H3;5-8,12-15,25H,9-11,16-20H2,1-4H3;1,3-5,7-8H,6H2;2,5,7-10H,1H2;;;;(H2,1,2,3,4);5*1H2/q;;;;;;+1;;;;;;/p-1/t;;;2-,5+;;;;;;;;;/m...0........./s1. The van der Waals surface area contributed by atoms with E-state index in [4.69, 9.17) is 62.5 Å². The Hall–Kier alpha value is -6.50. The van der Waals surface area contributed by atoms with Gasteiger partial charge in [0, 0.05) is 95.9 Å². The fraction of sp³-hybridized carbons (Fsp3) is 0.408. The average molecular weight is 1740 g/mol. The van der Waals surface area contributed by atoms with Crippen LogP contribution in [0.25, 0.3) is 32.7 Å². The number of aliphatic hydroxyl groups is 3. The quantitative estimate of drug-likeness (QED) is 0.00326. The Labute approximate surface area is 699 Å². The largest absolute Gasteiger partial charge is 1.00 e. The Bertz CT molecular complexity index is 4050. The van der Waals surface area contributed by atoms with Crippen LogP contribution in [0.3, 0.4) is 0 Å². The Balaban J connectivity index is -0.00000152. The van der Waals surface area contributed by atoms with Gasteiger partial charge in [-0.25, -0.2) is 4.79 Å². The molecule has 0 fully saturated rings. The summed E-state index contributed by atoms with van der Waals surface area (Å²) in [4.78, 5) is 38.4. The van der Waals surface area contributed by atoms with E-state index < -0.39 is 80.0 Å². The maximum absolute atomic E-state index is 12.7. The predicted molar refractivity (Wildman–Crippen MR) is 425 cm³/mol. The third-order valence-electron chi connectivity index (χ3n) is 17.4. The summed E-state index contributed by atoms with van der Waals surface area (Å²) in [6.45, 7) is 19.8. The van der Waals surface area contributed by atoms with E-state index in [0.29, 0.717) is 32.6 Å². The molecular formula is C76H109Cu2N6NaO21SSi4. The molecule has 0 saturated carbocycles. The summed E-state index contributed by atoms with van der Waals surface area (Å²) >= 11 is 0. The third kappa shape index (κ3) is 38.0. The number of hydrogen-bond donors (Lipinski definition) is 5. The zero-order valence-electron chi connectivity index (χ0n) is 64.3. The summed E-state index contributed by atoms with van der Waals surface area (Å²) in [6.07, 6.45) is 12.3. The molecule has 3 aliphatic rings. The van der Waals surface area contributed by atoms with Crippen LogP contribution in [0.4, 0.5) is 0 Å². The molecule has 0 spiro atoms. The first-order chi connectivity index (χ1) is 48.9. The van der Waals surface area contributed by atoms with Crippen LogP contribution >= 0.6 is 0 Å². The molecule has 111 heavy (non-hydrogen) atoms. The maximum atomic E-state index is 12.7. The van der Waals surface area contributed by atoms with E-state index >= 15 is 0 Å². The number of benzene rings is 6. The van der Waals surface area contributed by atoms with Gasteiger partial charge < -0.3 is 70.2 Å². The molecule has 7 aromatic rings. The Morgan fingerprint density at radius 1 is 0.622 bits per heavy atom. The van der Waals surface area contributed by atoms with E-state index in [1.807, 2.05) is 41.1 Å². The van der Waals surface area contributed by atoms with E-state index in [2.05, 4.69) is 211 Å². The monoisotopic (exact) mass is 1730 g/mol. The number of esters is 3. The fourth-order valence-electron chi connectivity index (χ4n) is 12.9. The molecule has 0 bridgehead atoms. The van der Waals surface area contributed by atoms with Crippen LogP contribution in [-0.4, -0.2) is 165 Å². The normalized spacial score (nSPS) is 13.1. The molecule has 1 aromatic heterocycles. The van der Waals surface area contributed by atoms with E-state index in [1.165, 1.54) is 55.6 Å². The number of hydrogen-bond acceptors (Lipinski definition) is 17. The summed E-state index contributed by atoms with van der Waals surface area (Å²) in [5.74, 6) is -0.606. The van der Waals surface area contributed by atoms with Crippen molar-refractivity contribution in [3.8, 4) is 34.6 Å². The zero-order valence-corrected chi connectivity index (χ0v) is 73.0. The van der Waals surface area contributed by atoms with Gasteiger partial charge in [-0.05, 0) is 169 Å². The van der Waals surface area contributed by atoms with Crippen LogP contribution in [0.1, 0.15) is 102 Å². The molecule has 0 amide bonds. The number of ether oxygens (including phenoxy) is 3. The summed E-state index contributed by atoms with van der Waals surface area (Å²) < 4.78 is 62.8. The van der Waals surface area contributed by atoms with Gasteiger partial charge in [-0.2, -0.15) is 8.42 Å². The van der Waals surface area contributed by atoms with Crippen LogP contribution in [0.2, 0.25) is 76.6 Å². The number of rotatable bonds is 31. The van der Waals surface area contributed by atoms with Crippen LogP contribution < -0.4 is 34.7 Å². The molecule has 2 heterocycles. The number of aryl methyl sites for hydroxylation is 1. The number of azide groups is 1. The van der Waals surface area contributed by atoms with Crippen LogP contribution in [-0.2, 0) is 101 Å². The number of carbonyl (C=O) groups is 3. The molecular weight excluding hydrogens is 1630 g/mol. The van der Waals surface area contributed by atoms with Gasteiger partial charge >= 0.3 is 57.9 Å². The number of carbonyl (C=O) groups excluding carboxylic acids is 3. The Morgan fingerprint density at radius 2 is 0.982 bits per heavy atom. The summed E-state index contributed by atoms with van der Waals surface area (Å²) in [6, 6.07) is 58.3. The molecule has 15 N–H and O–H groups in total. The van der Waals surface area contributed by atoms with Crippen molar-refractivity contribution < 1.29 is 166 Å². The van der Waals surface area contributed by atoms with Gasteiger partial charge in [0.25, 0.3) is 0 Å². The van der Waals surface area contributed by atoms with Crippen molar-refractivity contribution in [2.24, 2.45) is 5.11 Å². The van der Waals surface area contributed by atoms with Gasteiger partial charge in [0.2, 0.25) is 0 Å². The second-order valence-corrected chi connectivity index (χ2v) is 46.5. The second kappa shape index (κ2) is 53.5. The van der Waals surface area contributed by atoms with Gasteiger partial charge in [-0.3, -0.25) is 23.4 Å². The number of aromatic nitrogens is 3. The molecule has 614 valence electrons. The summed E-state index contributed by atoms with van der Waals surface area (Å²) in [5, 5.41) is 49.1. The molecule has 2 aliphatic carbocycles. The van der Waals surface area contributed by atoms with E-state index in [0.717, 1.165) is 87.8 Å². The SMILES string of the molecule is C#CCc1ccccc1.C[Si](C)(CCCCC(=O)OCC1c2ccccc2-c2ccccc21)O[Si](C)(C)CCCN=[N+]=[N-].C[Si](C)(CCCCC(=O)OCC1c2ccccc2-c2ccccc21)O[Si](C)(C)CCCn1cc(Cc2ccccc2)nn1.O.O.O.O.O.O=C1O[C@H]([C@@H](O)CO)C([O-])=C1O.O=S(=O)(O)O.[Cu].[Cu].[Na+]. The van der Waals surface area contributed by atoms with Gasteiger partial charge in [-0.1, -0.05) is 181 Å². The van der Waals surface area contributed by atoms with Crippen LogP contribution in [0.15, 0.2) is 181 Å². The van der Waals surface area contributed by atoms with E-state index in [9.17, 15) is 19.5 Å². The van der Waals surface area contributed by atoms with Crippen molar-refractivity contribution in [2.75, 3.05) is 26.4 Å². The van der Waals surface area contributed by atoms with Crippen molar-refractivity contribution in [3.05, 3.63) is 225 Å². The summed E-state index contributed by atoms with van der Waals surface area (Å²) in [5.41, 5.74) is 21.9. The minimum Gasteiger partial charge on any atom is -0.870 e. The summed E-state index contributed by atoms with van der Waals surface area (Å²) in [7, 11) is -11.9. The average Bonchev–Trinajstić information content (AvgIpc) is 1.62. The second-order valence-electron chi connectivity index (χ2n) is 27.9. The minimum atomic E-state index is -4.67. The molecule has 1 aliphatic heterocycles.